The maximum absolute atomic E-state index is 6.04. The lowest BCUT2D eigenvalue weighted by atomic mass is 9.50. The molecule has 21 rings (SSSR count). The third-order valence-corrected chi connectivity index (χ3v) is 31.5. The van der Waals surface area contributed by atoms with Crippen LogP contribution >= 0.6 is 0 Å². The van der Waals surface area contributed by atoms with Crippen LogP contribution in [0.25, 0.3) is 0 Å². The second-order valence-electron chi connectivity index (χ2n) is 38.5. The van der Waals surface area contributed by atoms with Crippen LogP contribution in [-0.4, -0.2) is 89.5 Å². The molecule has 0 saturated heterocycles. The van der Waals surface area contributed by atoms with Crippen LogP contribution in [0.3, 0.4) is 0 Å². The van der Waals surface area contributed by atoms with E-state index in [1.165, 1.54) is 205 Å². The molecule has 21 fully saturated rings. The Morgan fingerprint density at radius 2 is 0.884 bits per heavy atom. The molecule has 21 saturated carbocycles. The molecule has 550 valence electrons. The molecule has 0 spiro atoms. The Morgan fingerprint density at radius 1 is 0.389 bits per heavy atom. The van der Waals surface area contributed by atoms with Gasteiger partial charge in [0.25, 0.3) is 0 Å². The summed E-state index contributed by atoms with van der Waals surface area (Å²) < 4.78 is 40.8. The van der Waals surface area contributed by atoms with Crippen LogP contribution in [0.1, 0.15) is 328 Å². The van der Waals surface area contributed by atoms with E-state index in [0.717, 1.165) is 184 Å². The van der Waals surface area contributed by atoms with Gasteiger partial charge in [0.05, 0.1) is 36.6 Å². The molecule has 0 aromatic heterocycles. The largest absolute Gasteiger partial charge is 0.381 e. The normalized spacial score (nSPS) is 45.9. The van der Waals surface area contributed by atoms with Gasteiger partial charge in [-0.15, -0.1) is 0 Å². The zero-order chi connectivity index (χ0) is 66.9. The molecule has 21 aliphatic rings. The first-order chi connectivity index (χ1) is 45.9. The summed E-state index contributed by atoms with van der Waals surface area (Å²) in [6.45, 7) is 37.6. The summed E-state index contributed by atoms with van der Waals surface area (Å²) in [6.07, 6.45) is 56.5. The van der Waals surface area contributed by atoms with Gasteiger partial charge in [-0.25, -0.2) is 0 Å². The molecule has 18 bridgehead atoms. The maximum atomic E-state index is 6.04. The molecule has 8 unspecified atom stereocenters. The Kier molecular flexibility index (Phi) is 28.0. The van der Waals surface area contributed by atoms with Crippen molar-refractivity contribution >= 4 is 0 Å². The van der Waals surface area contributed by atoms with Gasteiger partial charge in [0, 0.05) is 52.9 Å². The third-order valence-electron chi connectivity index (χ3n) is 31.5. The molecule has 8 atom stereocenters. The Bertz CT molecular complexity index is 2090. The van der Waals surface area contributed by atoms with Crippen molar-refractivity contribution in [2.45, 2.75) is 358 Å². The van der Waals surface area contributed by atoms with Crippen molar-refractivity contribution in [3.63, 3.8) is 0 Å². The van der Waals surface area contributed by atoms with Crippen molar-refractivity contribution < 1.29 is 33.2 Å². The van der Waals surface area contributed by atoms with Gasteiger partial charge in [0.1, 0.15) is 0 Å². The van der Waals surface area contributed by atoms with Gasteiger partial charge in [-0.3, -0.25) is 0 Å². The number of rotatable bonds is 18. The zero-order valence-corrected chi connectivity index (χ0v) is 64.8. The van der Waals surface area contributed by atoms with Crippen LogP contribution in [0.5, 0.6) is 0 Å². The standard InChI is InChI=1S/C14H26O.2C13H22O.2C12H20O.C12H22O.C12H24O/c1-2-15-14-10-6-9-13(11-14)12-7-4-3-5-8-12;1-2-14-9-13-6-10-3-11(7-13)5-12(4-10)8-13;1-2-14-8-13-11-4-9-3-10(6-11)7-12(13)5-9;1-2-13-12-6-9-3-10(7-12)5-11(4-9)8-12;1-2-13-12-10-4-8-3-9(6-10)7-11(12)5-8;1-5-13-10-8-9-6-7-12(10,4)11(9,2)3;1-5-13-12-8-10(4)6-7-11(12)9(2)3/h12-14H,2-11H2,1H3;10-12H,2-9H2,1H3;9-13H,2-8H2,1H3;9-11H,2-8H2,1H3;8-12H,2-7H2,1H3;9-10H,5-8H2,1-4H3;9-12H,5-8H2,1-4H3. The van der Waals surface area contributed by atoms with E-state index in [1.807, 2.05) is 0 Å². The Hall–Kier alpha value is -0.280. The van der Waals surface area contributed by atoms with Crippen molar-refractivity contribution in [2.24, 2.45) is 141 Å². The van der Waals surface area contributed by atoms with Gasteiger partial charge in [0.15, 0.2) is 0 Å². The topological polar surface area (TPSA) is 64.6 Å². The summed E-state index contributed by atoms with van der Waals surface area (Å²) in [6, 6.07) is 0. The van der Waals surface area contributed by atoms with E-state index >= 15 is 0 Å². The van der Waals surface area contributed by atoms with Crippen LogP contribution in [-0.2, 0) is 33.2 Å². The van der Waals surface area contributed by atoms with E-state index in [1.54, 1.807) is 32.1 Å². The molecular formula is C88H156O7. The van der Waals surface area contributed by atoms with Crippen molar-refractivity contribution in [2.75, 3.05) is 59.5 Å². The summed E-state index contributed by atoms with van der Waals surface area (Å²) in [7, 11) is 0. The SMILES string of the molecule is CCOC12CC3CC(CC(C3)C1)C2.CCOC1C2CC3CC(C2)CC1C3.CCOC1CC(C)CCC1C(C)C.CCOC1CC2CCC1(C)C2(C)C.CCOC1CCCC(C2CCCCC2)C1.CCOCC12CC3CC(CC(C3)C1)C2.CCOCC1C2CC3CC(C2)CC1C3. The van der Waals surface area contributed by atoms with Gasteiger partial charge in [0.2, 0.25) is 0 Å². The molecular weight excluding hydrogens is 1170 g/mol. The average molecular weight is 1330 g/mol. The summed E-state index contributed by atoms with van der Waals surface area (Å²) in [5.41, 5.74) is 1.94. The predicted octanol–water partition coefficient (Wildman–Crippen LogP) is 23.1. The van der Waals surface area contributed by atoms with Gasteiger partial charge in [-0.1, -0.05) is 86.5 Å². The number of fused-ring (bicyclic) bond motifs is 2. The highest BCUT2D eigenvalue weighted by Crippen LogP contribution is 2.67. The van der Waals surface area contributed by atoms with Gasteiger partial charge in [-0.2, -0.15) is 0 Å². The third kappa shape index (κ3) is 18.8. The van der Waals surface area contributed by atoms with E-state index in [4.69, 9.17) is 33.2 Å². The summed E-state index contributed by atoms with van der Waals surface area (Å²) in [5, 5.41) is 0. The minimum absolute atomic E-state index is 0.351. The zero-order valence-electron chi connectivity index (χ0n) is 64.8. The molecule has 7 nitrogen and oxygen atoms in total. The number of hydrogen-bond donors (Lipinski definition) is 0. The van der Waals surface area contributed by atoms with E-state index in [0.29, 0.717) is 46.3 Å². The first-order valence-electron chi connectivity index (χ1n) is 43.1. The van der Waals surface area contributed by atoms with E-state index in [2.05, 4.69) is 90.0 Å². The predicted molar refractivity (Wildman–Crippen MR) is 394 cm³/mol. The summed E-state index contributed by atoms with van der Waals surface area (Å²) in [5.74, 6) is 21.0. The molecule has 0 aromatic carbocycles. The Morgan fingerprint density at radius 3 is 1.35 bits per heavy atom. The van der Waals surface area contributed by atoms with Gasteiger partial charge >= 0.3 is 0 Å². The number of ether oxygens (including phenoxy) is 7. The maximum Gasteiger partial charge on any atom is 0.0690 e. The average Bonchev–Trinajstić information content (AvgIpc) is 1.59. The molecule has 0 aromatic rings. The molecule has 0 aliphatic heterocycles. The summed E-state index contributed by atoms with van der Waals surface area (Å²) >= 11 is 0. The molecule has 21 aliphatic carbocycles. The van der Waals surface area contributed by atoms with Crippen LogP contribution in [0.15, 0.2) is 0 Å². The van der Waals surface area contributed by atoms with Crippen LogP contribution in [0.4, 0.5) is 0 Å². The highest BCUT2D eigenvalue weighted by Gasteiger charge is 2.62. The van der Waals surface area contributed by atoms with E-state index in [9.17, 15) is 0 Å². The minimum Gasteiger partial charge on any atom is -0.381 e. The molecule has 0 N–H and O–H groups in total. The fourth-order valence-corrected chi connectivity index (χ4v) is 27.9. The highest BCUT2D eigenvalue weighted by molar-refractivity contribution is 5.11. The molecule has 0 amide bonds. The van der Waals surface area contributed by atoms with E-state index in [-0.39, 0.29) is 0 Å². The van der Waals surface area contributed by atoms with E-state index < -0.39 is 0 Å². The highest BCUT2D eigenvalue weighted by atomic mass is 16.5. The van der Waals surface area contributed by atoms with Crippen molar-refractivity contribution in [1.82, 2.24) is 0 Å². The second-order valence-corrected chi connectivity index (χ2v) is 38.5. The number of hydrogen-bond acceptors (Lipinski definition) is 7. The molecule has 95 heavy (non-hydrogen) atoms. The van der Waals surface area contributed by atoms with Crippen molar-refractivity contribution in [3.8, 4) is 0 Å². The summed E-state index contributed by atoms with van der Waals surface area (Å²) in [4.78, 5) is 0. The molecule has 0 heterocycles. The smallest absolute Gasteiger partial charge is 0.0690 e. The fourth-order valence-electron chi connectivity index (χ4n) is 27.9. The second kappa shape index (κ2) is 35.0. The van der Waals surface area contributed by atoms with Crippen molar-refractivity contribution in [3.05, 3.63) is 0 Å². The lowest BCUT2D eigenvalue weighted by Gasteiger charge is -2.56. The van der Waals surface area contributed by atoms with Crippen LogP contribution in [0, 0.1) is 141 Å². The van der Waals surface area contributed by atoms with Gasteiger partial charge < -0.3 is 33.2 Å². The first kappa shape index (κ1) is 75.9. The minimum atomic E-state index is 0.351. The lowest BCUT2D eigenvalue weighted by Crippen LogP contribution is -2.51. The van der Waals surface area contributed by atoms with Crippen LogP contribution < -0.4 is 0 Å². The molecule has 0 radical (unpaired) electrons. The van der Waals surface area contributed by atoms with Gasteiger partial charge in [-0.05, 0) is 382 Å². The lowest BCUT2D eigenvalue weighted by molar-refractivity contribution is -0.159. The monoisotopic (exact) mass is 1330 g/mol. The quantitative estimate of drug-likeness (QED) is 0.135. The Labute approximate surface area is 587 Å². The Balaban J connectivity index is 0.000000113. The van der Waals surface area contributed by atoms with Crippen LogP contribution in [0.2, 0.25) is 0 Å². The fraction of sp³-hybridized carbons (Fsp3) is 1.00. The first-order valence-corrected chi connectivity index (χ1v) is 43.1. The molecule has 7 heteroatoms. The van der Waals surface area contributed by atoms with Crippen molar-refractivity contribution in [1.29, 1.82) is 0 Å².